The van der Waals surface area contributed by atoms with Crippen LogP contribution in [0, 0.1) is 0 Å². The fourth-order valence-corrected chi connectivity index (χ4v) is 3.40. The van der Waals surface area contributed by atoms with Crippen LogP contribution in [0.3, 0.4) is 0 Å². The van der Waals surface area contributed by atoms with E-state index in [4.69, 9.17) is 0 Å². The van der Waals surface area contributed by atoms with Gasteiger partial charge in [0.2, 0.25) is 0 Å². The monoisotopic (exact) mass is 420 g/mol. The first-order chi connectivity index (χ1) is 14.5. The van der Waals surface area contributed by atoms with E-state index in [1.54, 1.807) is 60.7 Å². The van der Waals surface area contributed by atoms with Crippen molar-refractivity contribution < 1.29 is 19.5 Å². The van der Waals surface area contributed by atoms with E-state index in [1.165, 1.54) is 17.4 Å². The van der Waals surface area contributed by atoms with Crippen molar-refractivity contribution in [2.45, 2.75) is 12.5 Å². The summed E-state index contributed by atoms with van der Waals surface area (Å²) < 4.78 is 0. The van der Waals surface area contributed by atoms with Crippen molar-refractivity contribution in [2.75, 3.05) is 0 Å². The summed E-state index contributed by atoms with van der Waals surface area (Å²) >= 11 is 1.40. The van der Waals surface area contributed by atoms with Crippen LogP contribution >= 0.6 is 11.3 Å². The van der Waals surface area contributed by atoms with E-state index in [0.717, 1.165) is 10.4 Å². The maximum Gasteiger partial charge on any atom is 0.326 e. The SMILES string of the molecule is O=C(NC(Cc1ccccc1)C(=O)O)C(=Cc1cccs1)NC(=O)c1ccccc1. The van der Waals surface area contributed by atoms with Gasteiger partial charge in [-0.2, -0.15) is 0 Å². The van der Waals surface area contributed by atoms with Gasteiger partial charge in [-0.3, -0.25) is 9.59 Å². The van der Waals surface area contributed by atoms with Crippen LogP contribution in [0.2, 0.25) is 0 Å². The van der Waals surface area contributed by atoms with Crippen LogP contribution in [0.5, 0.6) is 0 Å². The summed E-state index contributed by atoms with van der Waals surface area (Å²) in [7, 11) is 0. The Hall–Kier alpha value is -3.71. The minimum Gasteiger partial charge on any atom is -0.480 e. The molecule has 0 aliphatic carbocycles. The molecule has 152 valence electrons. The molecule has 6 nitrogen and oxygen atoms in total. The second-order valence-corrected chi connectivity index (χ2v) is 7.43. The van der Waals surface area contributed by atoms with Gasteiger partial charge in [0.1, 0.15) is 11.7 Å². The Morgan fingerprint density at radius 3 is 2.20 bits per heavy atom. The molecule has 1 heterocycles. The molecule has 30 heavy (non-hydrogen) atoms. The van der Waals surface area contributed by atoms with Crippen molar-refractivity contribution in [3.05, 3.63) is 99.9 Å². The minimum atomic E-state index is -1.16. The van der Waals surface area contributed by atoms with Crippen LogP contribution in [0.15, 0.2) is 83.9 Å². The summed E-state index contributed by atoms with van der Waals surface area (Å²) in [6.45, 7) is 0. The minimum absolute atomic E-state index is 0.0226. The zero-order valence-corrected chi connectivity index (χ0v) is 16.8. The van der Waals surface area contributed by atoms with Gasteiger partial charge >= 0.3 is 5.97 Å². The molecule has 7 heteroatoms. The van der Waals surface area contributed by atoms with E-state index in [-0.39, 0.29) is 12.1 Å². The molecule has 2 aromatic carbocycles. The number of carbonyl (C=O) groups is 3. The smallest absolute Gasteiger partial charge is 0.326 e. The average Bonchev–Trinajstić information content (AvgIpc) is 3.27. The number of aliphatic carboxylic acids is 1. The predicted molar refractivity (Wildman–Crippen MR) is 116 cm³/mol. The Balaban J connectivity index is 1.80. The maximum absolute atomic E-state index is 12.9. The van der Waals surface area contributed by atoms with E-state index in [1.807, 2.05) is 17.5 Å². The molecule has 0 fully saturated rings. The molecule has 3 N–H and O–H groups in total. The molecule has 0 bridgehead atoms. The van der Waals surface area contributed by atoms with Gasteiger partial charge < -0.3 is 15.7 Å². The normalized spacial score (nSPS) is 12.1. The molecule has 0 saturated carbocycles. The molecule has 0 aliphatic heterocycles. The molecule has 3 rings (SSSR count). The van der Waals surface area contributed by atoms with Crippen molar-refractivity contribution in [1.29, 1.82) is 0 Å². The van der Waals surface area contributed by atoms with Crippen LogP contribution in [0.25, 0.3) is 6.08 Å². The highest BCUT2D eigenvalue weighted by atomic mass is 32.1. The molecule has 0 saturated heterocycles. The number of rotatable bonds is 8. The van der Waals surface area contributed by atoms with E-state index < -0.39 is 23.8 Å². The van der Waals surface area contributed by atoms with Gasteiger partial charge in [-0.1, -0.05) is 54.6 Å². The van der Waals surface area contributed by atoms with E-state index in [0.29, 0.717) is 5.56 Å². The van der Waals surface area contributed by atoms with Crippen LogP contribution in [-0.4, -0.2) is 28.9 Å². The molecular weight excluding hydrogens is 400 g/mol. The zero-order valence-electron chi connectivity index (χ0n) is 15.9. The Labute approximate surface area is 177 Å². The summed E-state index contributed by atoms with van der Waals surface area (Å²) in [5.74, 6) is -2.28. The van der Waals surface area contributed by atoms with Crippen molar-refractivity contribution in [3.63, 3.8) is 0 Å². The number of carboxylic acid groups (broad SMARTS) is 1. The van der Waals surface area contributed by atoms with Crippen LogP contribution in [-0.2, 0) is 16.0 Å². The highest BCUT2D eigenvalue weighted by molar-refractivity contribution is 7.10. The summed E-state index contributed by atoms with van der Waals surface area (Å²) in [5.41, 5.74) is 1.15. The largest absolute Gasteiger partial charge is 0.480 e. The summed E-state index contributed by atoms with van der Waals surface area (Å²) in [5, 5.41) is 16.5. The van der Waals surface area contributed by atoms with Crippen molar-refractivity contribution >= 4 is 35.2 Å². The lowest BCUT2D eigenvalue weighted by molar-refractivity contribution is -0.141. The second-order valence-electron chi connectivity index (χ2n) is 6.45. The highest BCUT2D eigenvalue weighted by Crippen LogP contribution is 2.14. The Kier molecular flexibility index (Phi) is 7.13. The molecule has 0 spiro atoms. The first kappa shape index (κ1) is 21.0. The third-order valence-electron chi connectivity index (χ3n) is 4.24. The van der Waals surface area contributed by atoms with Crippen LogP contribution in [0.4, 0.5) is 0 Å². The maximum atomic E-state index is 12.9. The molecule has 3 aromatic rings. The molecule has 1 unspecified atom stereocenters. The number of carboxylic acids is 1. The molecule has 0 radical (unpaired) electrons. The third kappa shape index (κ3) is 5.89. The van der Waals surface area contributed by atoms with Gasteiger partial charge in [-0.05, 0) is 35.2 Å². The average molecular weight is 420 g/mol. The number of hydrogen-bond acceptors (Lipinski definition) is 4. The van der Waals surface area contributed by atoms with E-state index in [2.05, 4.69) is 10.6 Å². The zero-order chi connectivity index (χ0) is 21.3. The molecule has 1 atom stereocenters. The van der Waals surface area contributed by atoms with Gasteiger partial charge in [-0.15, -0.1) is 11.3 Å². The van der Waals surface area contributed by atoms with Crippen LogP contribution < -0.4 is 10.6 Å². The highest BCUT2D eigenvalue weighted by Gasteiger charge is 2.23. The third-order valence-corrected chi connectivity index (χ3v) is 5.06. The second kappa shape index (κ2) is 10.2. The van der Waals surface area contributed by atoms with E-state index >= 15 is 0 Å². The van der Waals surface area contributed by atoms with Crippen molar-refractivity contribution in [1.82, 2.24) is 10.6 Å². The first-order valence-corrected chi connectivity index (χ1v) is 10.1. The lowest BCUT2D eigenvalue weighted by Gasteiger charge is -2.17. The van der Waals surface area contributed by atoms with Crippen molar-refractivity contribution in [2.24, 2.45) is 0 Å². The predicted octanol–water partition coefficient (Wildman–Crippen LogP) is 3.33. The van der Waals surface area contributed by atoms with Gasteiger partial charge in [0, 0.05) is 16.9 Å². The Morgan fingerprint density at radius 2 is 1.60 bits per heavy atom. The van der Waals surface area contributed by atoms with Gasteiger partial charge in [0.05, 0.1) is 0 Å². The van der Waals surface area contributed by atoms with Gasteiger partial charge in [0.15, 0.2) is 0 Å². The summed E-state index contributed by atoms with van der Waals surface area (Å²) in [6, 6.07) is 20.0. The number of thiophene rings is 1. The topological polar surface area (TPSA) is 95.5 Å². The fraction of sp³-hybridized carbons (Fsp3) is 0.0870. The standard InChI is InChI=1S/C23H20N2O4S/c26-21(17-10-5-2-6-11-17)24-19(15-18-12-7-13-30-18)22(27)25-20(23(28)29)14-16-8-3-1-4-9-16/h1-13,15,20H,14H2,(H,24,26)(H,25,27)(H,28,29). The molecule has 2 amide bonds. The molecule has 1 aromatic heterocycles. The van der Waals surface area contributed by atoms with Gasteiger partial charge in [-0.25, -0.2) is 4.79 Å². The number of amides is 2. The van der Waals surface area contributed by atoms with Crippen molar-refractivity contribution in [3.8, 4) is 0 Å². The summed E-state index contributed by atoms with van der Waals surface area (Å²) in [6.07, 6.45) is 1.66. The quantitative estimate of drug-likeness (QED) is 0.487. The van der Waals surface area contributed by atoms with Crippen LogP contribution in [0.1, 0.15) is 20.8 Å². The van der Waals surface area contributed by atoms with E-state index in [9.17, 15) is 19.5 Å². The fourth-order valence-electron chi connectivity index (χ4n) is 2.74. The number of benzene rings is 2. The number of nitrogens with one attached hydrogen (secondary N) is 2. The van der Waals surface area contributed by atoms with Gasteiger partial charge in [0.25, 0.3) is 11.8 Å². The lowest BCUT2D eigenvalue weighted by Crippen LogP contribution is -2.45. The Morgan fingerprint density at radius 1 is 0.933 bits per heavy atom. The summed E-state index contributed by atoms with van der Waals surface area (Å²) in [4.78, 5) is 37.9. The first-order valence-electron chi connectivity index (χ1n) is 9.22. The number of carbonyl (C=O) groups excluding carboxylic acids is 2. The molecular formula is C23H20N2O4S. The molecule has 0 aliphatic rings. The lowest BCUT2D eigenvalue weighted by atomic mass is 10.1. The number of hydrogen-bond donors (Lipinski definition) is 3. The Bertz CT molecular complexity index is 1030.